The molecule has 0 unspecified atom stereocenters. The summed E-state index contributed by atoms with van der Waals surface area (Å²) in [5.41, 5.74) is 2.72. The Morgan fingerprint density at radius 1 is 1.32 bits per heavy atom. The Morgan fingerprint density at radius 3 is 2.93 bits per heavy atom. The molecule has 0 bridgehead atoms. The second kappa shape index (κ2) is 7.61. The molecule has 3 aromatic rings. The molecule has 0 saturated carbocycles. The summed E-state index contributed by atoms with van der Waals surface area (Å²) in [6, 6.07) is 8.84. The van der Waals surface area contributed by atoms with Crippen molar-refractivity contribution in [2.24, 2.45) is 0 Å². The number of pyridine rings is 1. The molecule has 0 atom stereocenters. The van der Waals surface area contributed by atoms with Gasteiger partial charge >= 0.3 is 0 Å². The maximum absolute atomic E-state index is 12.3. The molecule has 1 aliphatic heterocycles. The molecule has 0 saturated heterocycles. The molecule has 2 amide bonds. The van der Waals surface area contributed by atoms with Crippen LogP contribution in [-0.4, -0.2) is 34.9 Å². The number of ether oxygens (including phenoxy) is 1. The zero-order chi connectivity index (χ0) is 19.5. The lowest BCUT2D eigenvalue weighted by molar-refractivity contribution is -0.121. The highest BCUT2D eigenvalue weighted by atomic mass is 32.1. The molecule has 0 spiro atoms. The van der Waals surface area contributed by atoms with Crippen LogP contribution in [0.15, 0.2) is 60.8 Å². The maximum atomic E-state index is 12.3. The van der Waals surface area contributed by atoms with E-state index in [-0.39, 0.29) is 18.4 Å². The first-order valence-corrected chi connectivity index (χ1v) is 9.39. The van der Waals surface area contributed by atoms with E-state index < -0.39 is 0 Å². The van der Waals surface area contributed by atoms with E-state index in [9.17, 15) is 9.59 Å². The Hall–Kier alpha value is -3.52. The number of rotatable bonds is 5. The highest BCUT2D eigenvalue weighted by Gasteiger charge is 2.25. The number of thiazole rings is 1. The Morgan fingerprint density at radius 2 is 2.14 bits per heavy atom. The van der Waals surface area contributed by atoms with E-state index in [2.05, 4.69) is 21.9 Å². The normalized spacial score (nSPS) is 12.9. The number of nitrogens with one attached hydrogen (secondary N) is 1. The smallest absolute Gasteiger partial charge is 0.265 e. The summed E-state index contributed by atoms with van der Waals surface area (Å²) in [5.74, 6) is 0.282. The van der Waals surface area contributed by atoms with Gasteiger partial charge in [-0.05, 0) is 30.3 Å². The molecule has 1 aromatic carbocycles. The fourth-order valence-corrected chi connectivity index (χ4v) is 3.54. The summed E-state index contributed by atoms with van der Waals surface area (Å²) >= 11 is 1.33. The second-order valence-corrected chi connectivity index (χ2v) is 6.85. The van der Waals surface area contributed by atoms with Crippen LogP contribution >= 0.6 is 11.3 Å². The van der Waals surface area contributed by atoms with E-state index in [1.165, 1.54) is 11.3 Å². The highest BCUT2D eigenvalue weighted by molar-refractivity contribution is 7.14. The van der Waals surface area contributed by atoms with Gasteiger partial charge in [0, 0.05) is 35.4 Å². The summed E-state index contributed by atoms with van der Waals surface area (Å²) in [7, 11) is 0. The van der Waals surface area contributed by atoms with E-state index >= 15 is 0 Å². The summed E-state index contributed by atoms with van der Waals surface area (Å²) in [6.07, 6.45) is 4.80. The Balaban J connectivity index is 1.58. The van der Waals surface area contributed by atoms with Crippen LogP contribution in [0.4, 0.5) is 10.8 Å². The number of carbonyl (C=O) groups is 2. The number of aromatic nitrogens is 2. The number of hydrogen-bond acceptors (Lipinski definition) is 6. The molecule has 0 fully saturated rings. The van der Waals surface area contributed by atoms with Crippen LogP contribution in [0, 0.1) is 0 Å². The largest absolute Gasteiger partial charge is 0.482 e. The van der Waals surface area contributed by atoms with Crippen LogP contribution in [0.2, 0.25) is 0 Å². The highest BCUT2D eigenvalue weighted by Crippen LogP contribution is 2.36. The van der Waals surface area contributed by atoms with Crippen molar-refractivity contribution in [1.82, 2.24) is 9.97 Å². The van der Waals surface area contributed by atoms with E-state index in [1.807, 2.05) is 23.6 Å². The number of benzene rings is 1. The van der Waals surface area contributed by atoms with E-state index in [4.69, 9.17) is 4.74 Å². The van der Waals surface area contributed by atoms with Gasteiger partial charge in [-0.3, -0.25) is 19.9 Å². The molecular weight excluding hydrogens is 376 g/mol. The van der Waals surface area contributed by atoms with Crippen molar-refractivity contribution in [3.05, 3.63) is 66.3 Å². The number of fused-ring (bicyclic) bond motifs is 1. The van der Waals surface area contributed by atoms with Crippen molar-refractivity contribution in [3.8, 4) is 17.0 Å². The molecule has 0 aliphatic carbocycles. The molecule has 3 heterocycles. The monoisotopic (exact) mass is 392 g/mol. The number of hydrogen-bond donors (Lipinski definition) is 1. The molecule has 140 valence electrons. The average molecular weight is 392 g/mol. The minimum absolute atomic E-state index is 0.0159. The van der Waals surface area contributed by atoms with Crippen LogP contribution in [0.25, 0.3) is 11.3 Å². The van der Waals surface area contributed by atoms with Crippen molar-refractivity contribution in [2.75, 3.05) is 23.4 Å². The average Bonchev–Trinajstić information content (AvgIpc) is 3.19. The first kappa shape index (κ1) is 17.9. The predicted octanol–water partition coefficient (Wildman–Crippen LogP) is 3.37. The van der Waals surface area contributed by atoms with Gasteiger partial charge in [0.25, 0.3) is 11.8 Å². The molecule has 7 nitrogen and oxygen atoms in total. The lowest BCUT2D eigenvalue weighted by Crippen LogP contribution is -2.38. The van der Waals surface area contributed by atoms with Gasteiger partial charge in [-0.25, -0.2) is 4.98 Å². The van der Waals surface area contributed by atoms with E-state index in [1.54, 1.807) is 35.5 Å². The van der Waals surface area contributed by atoms with Gasteiger partial charge in [-0.2, -0.15) is 0 Å². The van der Waals surface area contributed by atoms with Crippen LogP contribution in [0.5, 0.6) is 5.75 Å². The Bertz CT molecular complexity index is 1050. The molecule has 1 aliphatic rings. The number of anilines is 2. The molecule has 0 radical (unpaired) electrons. The zero-order valence-corrected chi connectivity index (χ0v) is 15.6. The minimum Gasteiger partial charge on any atom is -0.482 e. The second-order valence-electron chi connectivity index (χ2n) is 5.99. The van der Waals surface area contributed by atoms with Crippen molar-refractivity contribution in [2.45, 2.75) is 0 Å². The first-order chi connectivity index (χ1) is 13.7. The molecule has 8 heteroatoms. The minimum atomic E-state index is -0.245. The first-order valence-electron chi connectivity index (χ1n) is 8.51. The summed E-state index contributed by atoms with van der Waals surface area (Å²) in [4.78, 5) is 34.4. The number of nitrogens with zero attached hydrogens (tertiary/aromatic N) is 3. The molecule has 2 aromatic heterocycles. The van der Waals surface area contributed by atoms with E-state index in [0.29, 0.717) is 34.4 Å². The molecule has 1 N–H and O–H groups in total. The third-order valence-corrected chi connectivity index (χ3v) is 4.93. The zero-order valence-electron chi connectivity index (χ0n) is 14.8. The van der Waals surface area contributed by atoms with Gasteiger partial charge in [-0.15, -0.1) is 17.9 Å². The van der Waals surface area contributed by atoms with Gasteiger partial charge in [0.15, 0.2) is 11.7 Å². The lowest BCUT2D eigenvalue weighted by Gasteiger charge is -2.28. The maximum Gasteiger partial charge on any atom is 0.265 e. The number of carbonyl (C=O) groups excluding carboxylic acids is 2. The van der Waals surface area contributed by atoms with Crippen molar-refractivity contribution >= 4 is 34.0 Å². The SMILES string of the molecule is C=CCN1C(=O)COc2ccc(-c3csc(NC(=O)c4ccncc4)n3)cc21. The van der Waals surface area contributed by atoms with Crippen LogP contribution in [-0.2, 0) is 4.79 Å². The molecular formula is C20H16N4O3S. The van der Waals surface area contributed by atoms with Crippen LogP contribution in [0.1, 0.15) is 10.4 Å². The fourth-order valence-electron chi connectivity index (χ4n) is 2.83. The van der Waals surface area contributed by atoms with Gasteiger partial charge in [0.05, 0.1) is 11.4 Å². The lowest BCUT2D eigenvalue weighted by atomic mass is 10.1. The Kier molecular flexibility index (Phi) is 4.86. The quantitative estimate of drug-likeness (QED) is 0.673. The molecule has 28 heavy (non-hydrogen) atoms. The third kappa shape index (κ3) is 3.49. The Labute approximate surface area is 165 Å². The van der Waals surface area contributed by atoms with Gasteiger partial charge in [0.2, 0.25) is 0 Å². The van der Waals surface area contributed by atoms with Gasteiger partial charge < -0.3 is 9.64 Å². The summed E-state index contributed by atoms with van der Waals surface area (Å²) < 4.78 is 5.50. The van der Waals surface area contributed by atoms with Gasteiger partial charge in [-0.1, -0.05) is 6.08 Å². The van der Waals surface area contributed by atoms with Crippen LogP contribution in [0.3, 0.4) is 0 Å². The van der Waals surface area contributed by atoms with Crippen molar-refractivity contribution in [1.29, 1.82) is 0 Å². The standard InChI is InChI=1S/C20H16N4O3S/c1-2-9-24-16-10-14(3-4-17(16)27-11-18(24)25)15-12-28-20(22-15)23-19(26)13-5-7-21-8-6-13/h2-8,10,12H,1,9,11H2,(H,22,23,26). The topological polar surface area (TPSA) is 84.4 Å². The van der Waals surface area contributed by atoms with Crippen molar-refractivity contribution < 1.29 is 14.3 Å². The van der Waals surface area contributed by atoms with Gasteiger partial charge in [0.1, 0.15) is 5.75 Å². The van der Waals surface area contributed by atoms with Crippen molar-refractivity contribution in [3.63, 3.8) is 0 Å². The van der Waals surface area contributed by atoms with E-state index in [0.717, 1.165) is 5.56 Å². The third-order valence-electron chi connectivity index (χ3n) is 4.18. The van der Waals surface area contributed by atoms with Crippen LogP contribution < -0.4 is 15.0 Å². The predicted molar refractivity (Wildman–Crippen MR) is 108 cm³/mol. The molecule has 4 rings (SSSR count). The summed E-state index contributed by atoms with van der Waals surface area (Å²) in [5, 5.41) is 5.13. The fraction of sp³-hybridized carbons (Fsp3) is 0.100. The summed E-state index contributed by atoms with van der Waals surface area (Å²) in [6.45, 7) is 4.13. The number of amides is 2.